The summed E-state index contributed by atoms with van der Waals surface area (Å²) < 4.78 is 11.3. The topological polar surface area (TPSA) is 138 Å². The van der Waals surface area contributed by atoms with E-state index in [9.17, 15) is 14.7 Å². The van der Waals surface area contributed by atoms with Gasteiger partial charge in [-0.15, -0.1) is 0 Å². The second-order valence-electron chi connectivity index (χ2n) is 8.80. The van der Waals surface area contributed by atoms with E-state index < -0.39 is 0 Å². The summed E-state index contributed by atoms with van der Waals surface area (Å²) in [4.78, 5) is 27.4. The number of nitrogens with zero attached hydrogens (tertiary/aromatic N) is 2. The maximum atomic E-state index is 11.9. The molecule has 1 aromatic carbocycles. The van der Waals surface area contributed by atoms with Crippen LogP contribution in [0.4, 0.5) is 16.4 Å². The van der Waals surface area contributed by atoms with Crippen LogP contribution in [-0.4, -0.2) is 44.8 Å². The van der Waals surface area contributed by atoms with Gasteiger partial charge in [-0.2, -0.15) is 5.10 Å². The van der Waals surface area contributed by atoms with Crippen molar-refractivity contribution in [2.24, 2.45) is 0 Å². The van der Waals surface area contributed by atoms with Crippen LogP contribution in [0, 0.1) is 0 Å². The highest BCUT2D eigenvalue weighted by Crippen LogP contribution is 2.36. The molecule has 0 spiro atoms. The molecular weight excluding hydrogens is 450 g/mol. The minimum Gasteiger partial charge on any atom is -0.507 e. The second kappa shape index (κ2) is 10.9. The molecule has 1 aliphatic rings. The molecule has 2 aromatic heterocycles. The van der Waals surface area contributed by atoms with Gasteiger partial charge in [-0.25, -0.2) is 9.78 Å². The molecule has 0 bridgehead atoms. The van der Waals surface area contributed by atoms with Gasteiger partial charge in [0.05, 0.1) is 5.56 Å². The number of ether oxygens (including phenoxy) is 2. The molecular formula is C25H29N5O5. The number of hydrogen-bond donors (Lipinski definition) is 4. The zero-order valence-electron chi connectivity index (χ0n) is 19.7. The number of benzene rings is 1. The van der Waals surface area contributed by atoms with Gasteiger partial charge in [0.25, 0.3) is 0 Å². The molecule has 10 nitrogen and oxygen atoms in total. The number of aldehydes is 1. The average molecular weight is 480 g/mol. The highest BCUT2D eigenvalue weighted by molar-refractivity contribution is 5.81. The number of aromatic nitrogens is 3. The van der Waals surface area contributed by atoms with E-state index in [1.165, 1.54) is 6.07 Å². The van der Waals surface area contributed by atoms with E-state index in [0.29, 0.717) is 29.2 Å². The molecule has 0 saturated heterocycles. The third kappa shape index (κ3) is 6.28. The SMILES string of the molecule is CC(C)NC(=O)O[C@@H]1CC[C@H](c2cc(Nc3cc(OCc4cccc(O)c4C=O)ccn3)n[nH]2)C1. The van der Waals surface area contributed by atoms with Gasteiger partial charge in [-0.3, -0.25) is 9.89 Å². The molecule has 1 saturated carbocycles. The van der Waals surface area contributed by atoms with Gasteiger partial charge in [0, 0.05) is 41.5 Å². The number of carbonyl (C=O) groups excluding carboxylic acids is 2. The van der Waals surface area contributed by atoms with E-state index in [-0.39, 0.29) is 42.1 Å². The number of aromatic amines is 1. The van der Waals surface area contributed by atoms with Crippen LogP contribution in [0.15, 0.2) is 42.6 Å². The van der Waals surface area contributed by atoms with Crippen molar-refractivity contribution >= 4 is 24.0 Å². The highest BCUT2D eigenvalue weighted by Gasteiger charge is 2.30. The number of hydrogen-bond acceptors (Lipinski definition) is 8. The lowest BCUT2D eigenvalue weighted by molar-refractivity contribution is 0.0981. The summed E-state index contributed by atoms with van der Waals surface area (Å²) in [7, 11) is 0. The van der Waals surface area contributed by atoms with Gasteiger partial charge in [-0.05, 0) is 45.2 Å². The first kappa shape index (κ1) is 24.1. The van der Waals surface area contributed by atoms with E-state index in [2.05, 4.69) is 25.8 Å². The van der Waals surface area contributed by atoms with Crippen LogP contribution >= 0.6 is 0 Å². The summed E-state index contributed by atoms with van der Waals surface area (Å²) in [5, 5.41) is 23.1. The van der Waals surface area contributed by atoms with Crippen molar-refractivity contribution in [2.45, 2.75) is 57.8 Å². The molecule has 35 heavy (non-hydrogen) atoms. The Kier molecular flexibility index (Phi) is 7.49. The van der Waals surface area contributed by atoms with Crippen molar-refractivity contribution < 1.29 is 24.2 Å². The number of phenolic OH excluding ortho intramolecular Hbond substituents is 1. The Hall–Kier alpha value is -4.08. The lowest BCUT2D eigenvalue weighted by atomic mass is 10.0. The summed E-state index contributed by atoms with van der Waals surface area (Å²) >= 11 is 0. The lowest BCUT2D eigenvalue weighted by Crippen LogP contribution is -2.33. The summed E-state index contributed by atoms with van der Waals surface area (Å²) in [6.45, 7) is 3.92. The Labute approximate surface area is 203 Å². The Morgan fingerprint density at radius 1 is 1.26 bits per heavy atom. The number of anilines is 2. The third-order valence-electron chi connectivity index (χ3n) is 5.78. The molecule has 1 aliphatic carbocycles. The van der Waals surface area contributed by atoms with Crippen LogP contribution < -0.4 is 15.4 Å². The number of rotatable bonds is 9. The fourth-order valence-electron chi connectivity index (χ4n) is 4.08. The summed E-state index contributed by atoms with van der Waals surface area (Å²) in [5.74, 6) is 1.86. The minimum absolute atomic E-state index is 0.0407. The van der Waals surface area contributed by atoms with E-state index in [0.717, 1.165) is 25.0 Å². The first-order chi connectivity index (χ1) is 16.9. The van der Waals surface area contributed by atoms with Crippen molar-refractivity contribution in [1.82, 2.24) is 20.5 Å². The fourth-order valence-corrected chi connectivity index (χ4v) is 4.08. The van der Waals surface area contributed by atoms with Crippen LogP contribution in [-0.2, 0) is 11.3 Å². The zero-order valence-corrected chi connectivity index (χ0v) is 19.7. The average Bonchev–Trinajstić information content (AvgIpc) is 3.47. The van der Waals surface area contributed by atoms with E-state index in [1.54, 1.807) is 30.5 Å². The van der Waals surface area contributed by atoms with Gasteiger partial charge in [0.1, 0.15) is 30.0 Å². The van der Waals surface area contributed by atoms with Gasteiger partial charge in [-0.1, -0.05) is 12.1 Å². The van der Waals surface area contributed by atoms with Crippen LogP contribution in [0.3, 0.4) is 0 Å². The van der Waals surface area contributed by atoms with Crippen LogP contribution in [0.1, 0.15) is 60.6 Å². The predicted octanol–water partition coefficient (Wildman–Crippen LogP) is 4.42. The number of amides is 1. The van der Waals surface area contributed by atoms with E-state index in [4.69, 9.17) is 9.47 Å². The molecule has 4 rings (SSSR count). The fraction of sp³-hybridized carbons (Fsp3) is 0.360. The Bertz CT molecular complexity index is 1180. The van der Waals surface area contributed by atoms with E-state index >= 15 is 0 Å². The molecule has 2 atom stereocenters. The molecule has 1 fully saturated rings. The number of carbonyl (C=O) groups is 2. The number of H-pyrrole nitrogens is 1. The first-order valence-electron chi connectivity index (χ1n) is 11.6. The van der Waals surface area contributed by atoms with Crippen molar-refractivity contribution in [2.75, 3.05) is 5.32 Å². The highest BCUT2D eigenvalue weighted by atomic mass is 16.6. The smallest absolute Gasteiger partial charge is 0.407 e. The van der Waals surface area contributed by atoms with Gasteiger partial charge in [0.15, 0.2) is 12.1 Å². The van der Waals surface area contributed by atoms with Crippen molar-refractivity contribution in [3.8, 4) is 11.5 Å². The maximum Gasteiger partial charge on any atom is 0.407 e. The maximum absolute atomic E-state index is 11.9. The molecule has 0 radical (unpaired) electrons. The quantitative estimate of drug-likeness (QED) is 0.331. The van der Waals surface area contributed by atoms with Crippen LogP contribution in [0.2, 0.25) is 0 Å². The molecule has 0 aliphatic heterocycles. The summed E-state index contributed by atoms with van der Waals surface area (Å²) in [6, 6.07) is 10.3. The first-order valence-corrected chi connectivity index (χ1v) is 11.6. The zero-order chi connectivity index (χ0) is 24.8. The van der Waals surface area contributed by atoms with Crippen molar-refractivity contribution in [3.05, 3.63) is 59.4 Å². The summed E-state index contributed by atoms with van der Waals surface area (Å²) in [5.41, 5.74) is 1.77. The van der Waals surface area contributed by atoms with Crippen LogP contribution in [0.5, 0.6) is 11.5 Å². The van der Waals surface area contributed by atoms with Crippen molar-refractivity contribution in [3.63, 3.8) is 0 Å². The summed E-state index contributed by atoms with van der Waals surface area (Å²) in [6.07, 6.45) is 4.19. The molecule has 1 amide bonds. The number of phenols is 1. The van der Waals surface area contributed by atoms with Crippen molar-refractivity contribution in [1.29, 1.82) is 0 Å². The molecule has 0 unspecified atom stereocenters. The Morgan fingerprint density at radius 3 is 2.91 bits per heavy atom. The second-order valence-corrected chi connectivity index (χ2v) is 8.80. The lowest BCUT2D eigenvalue weighted by Gasteiger charge is -2.14. The molecule has 4 N–H and O–H groups in total. The van der Waals surface area contributed by atoms with Crippen LogP contribution in [0.25, 0.3) is 0 Å². The number of aromatic hydroxyl groups is 1. The molecule has 3 aromatic rings. The third-order valence-corrected chi connectivity index (χ3v) is 5.78. The normalized spacial score (nSPS) is 17.2. The predicted molar refractivity (Wildman–Crippen MR) is 129 cm³/mol. The standard InChI is InChI=1S/C25H29N5O5/c1-15(2)27-25(33)35-19-7-6-16(10-19)21-12-24(30-29-21)28-23-11-18(8-9-26-23)34-14-17-4-3-5-22(32)20(17)13-31/h3-5,8-9,11-13,15-16,19,32H,6-7,10,14H2,1-2H3,(H,27,33)(H2,26,28,29,30)/t16-,19+/m0/s1. The molecule has 184 valence electrons. The van der Waals surface area contributed by atoms with Gasteiger partial charge < -0.3 is 25.2 Å². The van der Waals surface area contributed by atoms with Gasteiger partial charge >= 0.3 is 6.09 Å². The number of alkyl carbamates (subject to hydrolysis) is 1. The number of nitrogens with one attached hydrogen (secondary N) is 3. The molecule has 2 heterocycles. The van der Waals surface area contributed by atoms with E-state index in [1.807, 2.05) is 19.9 Å². The van der Waals surface area contributed by atoms with Gasteiger partial charge in [0.2, 0.25) is 0 Å². The Morgan fingerprint density at radius 2 is 2.11 bits per heavy atom. The largest absolute Gasteiger partial charge is 0.507 e. The molecule has 10 heteroatoms. The monoisotopic (exact) mass is 479 g/mol. The number of pyridine rings is 1. The minimum atomic E-state index is -0.378. The Balaban J connectivity index is 1.33.